The third kappa shape index (κ3) is 7.12. The number of rotatable bonds is 9. The van der Waals surface area contributed by atoms with Crippen LogP contribution in [-0.2, 0) is 9.59 Å². The number of benzene rings is 1. The third-order valence-electron chi connectivity index (χ3n) is 3.14. The molecule has 0 aliphatic rings. The summed E-state index contributed by atoms with van der Waals surface area (Å²) < 4.78 is 0. The molecule has 0 spiro atoms. The summed E-state index contributed by atoms with van der Waals surface area (Å²) in [6.07, 6.45) is 1.42. The highest BCUT2D eigenvalue weighted by Gasteiger charge is 2.20. The molecular formula is C15H20ClN3O4. The minimum absolute atomic E-state index is 0.0745. The molecule has 5 N–H and O–H groups in total. The lowest BCUT2D eigenvalue weighted by atomic mass is 10.1. The standard InChI is InChI=1S/C15H20ClN3O4/c16-11-6-4-10(5-7-11)14(21)19-12(15(22)23)3-1-2-8-18-13(20)9-17/h4-7,12H,1-3,8-9,17H2,(H,18,20)(H,19,21)(H,22,23)/t12-/m0/s1. The van der Waals surface area contributed by atoms with Gasteiger partial charge in [0.05, 0.1) is 6.54 Å². The normalized spacial score (nSPS) is 11.6. The second-order valence-electron chi connectivity index (χ2n) is 4.92. The van der Waals surface area contributed by atoms with Crippen LogP contribution >= 0.6 is 11.6 Å². The van der Waals surface area contributed by atoms with Gasteiger partial charge in [-0.3, -0.25) is 9.59 Å². The van der Waals surface area contributed by atoms with Crippen molar-refractivity contribution in [2.45, 2.75) is 25.3 Å². The Labute approximate surface area is 139 Å². The monoisotopic (exact) mass is 341 g/mol. The number of amides is 2. The van der Waals surface area contributed by atoms with Crippen molar-refractivity contribution in [2.75, 3.05) is 13.1 Å². The summed E-state index contributed by atoms with van der Waals surface area (Å²) in [4.78, 5) is 34.2. The average molecular weight is 342 g/mol. The molecule has 0 bridgehead atoms. The molecule has 0 fully saturated rings. The lowest BCUT2D eigenvalue weighted by Crippen LogP contribution is -2.40. The van der Waals surface area contributed by atoms with Gasteiger partial charge >= 0.3 is 5.97 Å². The first-order valence-corrected chi connectivity index (χ1v) is 7.58. The van der Waals surface area contributed by atoms with Gasteiger partial charge in [-0.25, -0.2) is 4.79 Å². The average Bonchev–Trinajstić information content (AvgIpc) is 2.53. The van der Waals surface area contributed by atoms with E-state index in [9.17, 15) is 19.5 Å². The first-order valence-electron chi connectivity index (χ1n) is 7.20. The number of carboxylic acids is 1. The molecule has 1 rings (SSSR count). The van der Waals surface area contributed by atoms with Crippen molar-refractivity contribution < 1.29 is 19.5 Å². The quantitative estimate of drug-likeness (QED) is 0.494. The summed E-state index contributed by atoms with van der Waals surface area (Å²) in [5, 5.41) is 14.7. The summed E-state index contributed by atoms with van der Waals surface area (Å²) in [5.41, 5.74) is 5.49. The smallest absolute Gasteiger partial charge is 0.326 e. The predicted octanol–water partition coefficient (Wildman–Crippen LogP) is 0.768. The molecule has 0 aliphatic heterocycles. The zero-order valence-corrected chi connectivity index (χ0v) is 13.3. The lowest BCUT2D eigenvalue weighted by Gasteiger charge is -2.14. The van der Waals surface area contributed by atoms with Crippen molar-refractivity contribution >= 4 is 29.4 Å². The van der Waals surface area contributed by atoms with Gasteiger partial charge in [-0.05, 0) is 43.5 Å². The van der Waals surface area contributed by atoms with Crippen molar-refractivity contribution in [3.63, 3.8) is 0 Å². The number of unbranched alkanes of at least 4 members (excludes halogenated alkanes) is 1. The van der Waals surface area contributed by atoms with Gasteiger partial charge in [0.15, 0.2) is 0 Å². The Balaban J connectivity index is 2.42. The molecule has 1 aromatic carbocycles. The molecule has 0 heterocycles. The third-order valence-corrected chi connectivity index (χ3v) is 3.39. The molecular weight excluding hydrogens is 322 g/mol. The van der Waals surface area contributed by atoms with Crippen molar-refractivity contribution in [1.82, 2.24) is 10.6 Å². The highest BCUT2D eigenvalue weighted by molar-refractivity contribution is 6.30. The molecule has 8 heteroatoms. The largest absolute Gasteiger partial charge is 0.480 e. The van der Waals surface area contributed by atoms with Gasteiger partial charge in [0, 0.05) is 17.1 Å². The van der Waals surface area contributed by atoms with E-state index >= 15 is 0 Å². The van der Waals surface area contributed by atoms with Crippen LogP contribution in [0.1, 0.15) is 29.6 Å². The minimum Gasteiger partial charge on any atom is -0.480 e. The maximum atomic E-state index is 12.0. The zero-order valence-electron chi connectivity index (χ0n) is 12.5. The fourth-order valence-corrected chi connectivity index (χ4v) is 2.00. The first kappa shape index (κ1) is 18.9. The Morgan fingerprint density at radius 1 is 1.17 bits per heavy atom. The van der Waals surface area contributed by atoms with E-state index in [2.05, 4.69) is 10.6 Å². The fourth-order valence-electron chi connectivity index (χ4n) is 1.87. The van der Waals surface area contributed by atoms with E-state index in [0.717, 1.165) is 0 Å². The van der Waals surface area contributed by atoms with Gasteiger partial charge in [-0.15, -0.1) is 0 Å². The number of carbonyl (C=O) groups excluding carboxylic acids is 2. The molecule has 1 atom stereocenters. The minimum atomic E-state index is -1.10. The molecule has 0 saturated heterocycles. The van der Waals surface area contributed by atoms with E-state index in [1.54, 1.807) is 12.1 Å². The number of aliphatic carboxylic acids is 1. The van der Waals surface area contributed by atoms with Crippen molar-refractivity contribution in [2.24, 2.45) is 5.73 Å². The maximum absolute atomic E-state index is 12.0. The van der Waals surface area contributed by atoms with Crippen LogP contribution in [0, 0.1) is 0 Å². The van der Waals surface area contributed by atoms with Gasteiger partial charge in [-0.2, -0.15) is 0 Å². The molecule has 0 saturated carbocycles. The van der Waals surface area contributed by atoms with E-state index in [0.29, 0.717) is 30.0 Å². The van der Waals surface area contributed by atoms with Gasteiger partial charge in [0.1, 0.15) is 6.04 Å². The van der Waals surface area contributed by atoms with E-state index in [-0.39, 0.29) is 18.9 Å². The molecule has 0 radical (unpaired) electrons. The Bertz CT molecular complexity index is 548. The fraction of sp³-hybridized carbons (Fsp3) is 0.400. The van der Waals surface area contributed by atoms with Crippen LogP contribution in [0.15, 0.2) is 24.3 Å². The molecule has 0 aliphatic carbocycles. The molecule has 7 nitrogen and oxygen atoms in total. The van der Waals surface area contributed by atoms with Gasteiger partial charge < -0.3 is 21.5 Å². The van der Waals surface area contributed by atoms with Crippen molar-refractivity contribution in [3.05, 3.63) is 34.9 Å². The van der Waals surface area contributed by atoms with Gasteiger partial charge in [-0.1, -0.05) is 11.6 Å². The van der Waals surface area contributed by atoms with E-state index in [4.69, 9.17) is 17.3 Å². The van der Waals surface area contributed by atoms with Gasteiger partial charge in [0.25, 0.3) is 5.91 Å². The predicted molar refractivity (Wildman–Crippen MR) is 86.3 cm³/mol. The topological polar surface area (TPSA) is 122 Å². The molecule has 126 valence electrons. The van der Waals surface area contributed by atoms with Crippen LogP contribution in [-0.4, -0.2) is 42.0 Å². The lowest BCUT2D eigenvalue weighted by molar-refractivity contribution is -0.139. The Morgan fingerprint density at radius 3 is 2.39 bits per heavy atom. The maximum Gasteiger partial charge on any atom is 0.326 e. The summed E-state index contributed by atoms with van der Waals surface area (Å²) in [6, 6.07) is 5.19. The summed E-state index contributed by atoms with van der Waals surface area (Å²) >= 11 is 5.74. The van der Waals surface area contributed by atoms with Crippen LogP contribution in [0.4, 0.5) is 0 Å². The number of carbonyl (C=O) groups is 3. The van der Waals surface area contributed by atoms with Crippen molar-refractivity contribution in [3.8, 4) is 0 Å². The summed E-state index contributed by atoms with van der Waals surface area (Å²) in [5.74, 6) is -1.82. The highest BCUT2D eigenvalue weighted by Crippen LogP contribution is 2.10. The van der Waals surface area contributed by atoms with Crippen LogP contribution in [0.5, 0.6) is 0 Å². The number of hydrogen-bond acceptors (Lipinski definition) is 4. The molecule has 0 aromatic heterocycles. The first-order chi connectivity index (χ1) is 10.9. The number of halogens is 1. The second kappa shape index (κ2) is 9.81. The molecule has 23 heavy (non-hydrogen) atoms. The summed E-state index contributed by atoms with van der Waals surface area (Å²) in [6.45, 7) is 0.350. The van der Waals surface area contributed by atoms with Crippen LogP contribution in [0.25, 0.3) is 0 Å². The van der Waals surface area contributed by atoms with E-state index in [1.807, 2.05) is 0 Å². The van der Waals surface area contributed by atoms with E-state index < -0.39 is 17.9 Å². The second-order valence-corrected chi connectivity index (χ2v) is 5.36. The highest BCUT2D eigenvalue weighted by atomic mass is 35.5. The Hall–Kier alpha value is -2.12. The number of carboxylic acid groups (broad SMARTS) is 1. The van der Waals surface area contributed by atoms with Crippen molar-refractivity contribution in [1.29, 1.82) is 0 Å². The SMILES string of the molecule is NCC(=O)NCCCC[C@H](NC(=O)c1ccc(Cl)cc1)C(=O)O. The molecule has 0 unspecified atom stereocenters. The Morgan fingerprint density at radius 2 is 1.83 bits per heavy atom. The zero-order chi connectivity index (χ0) is 17.2. The molecule has 2 amide bonds. The Kier molecular flexibility index (Phi) is 8.07. The van der Waals surface area contributed by atoms with E-state index in [1.165, 1.54) is 12.1 Å². The van der Waals surface area contributed by atoms with Crippen LogP contribution in [0.3, 0.4) is 0 Å². The molecule has 1 aromatic rings. The number of hydrogen-bond donors (Lipinski definition) is 4. The van der Waals surface area contributed by atoms with Crippen LogP contribution in [0.2, 0.25) is 5.02 Å². The number of nitrogens with two attached hydrogens (primary N) is 1. The van der Waals surface area contributed by atoms with Gasteiger partial charge in [0.2, 0.25) is 5.91 Å². The summed E-state index contributed by atoms with van der Waals surface area (Å²) in [7, 11) is 0. The van der Waals surface area contributed by atoms with Crippen LogP contribution < -0.4 is 16.4 Å². The number of nitrogens with one attached hydrogen (secondary N) is 2.